The molecule has 0 aromatic carbocycles. The van der Waals surface area contributed by atoms with Crippen LogP contribution in [-0.4, -0.2) is 12.6 Å². The number of hydrogen-bond donors (Lipinski definition) is 0. The molecule has 2 heteroatoms. The molecular weight excluding hydrogens is 128 g/mol. The zero-order valence-electron chi connectivity index (χ0n) is 5.96. The highest BCUT2D eigenvalue weighted by Gasteiger charge is 1.89. The molecule has 0 radical (unpaired) electrons. The van der Waals surface area contributed by atoms with E-state index in [1.54, 1.807) is 13.0 Å². The fourth-order valence-electron chi connectivity index (χ4n) is 0.414. The lowest BCUT2D eigenvalue weighted by Gasteiger charge is -1.92. The summed E-state index contributed by atoms with van der Waals surface area (Å²) in [6, 6.07) is 0. The number of carbonyl (C=O) groups is 1. The van der Waals surface area contributed by atoms with Crippen LogP contribution >= 0.6 is 0 Å². The van der Waals surface area contributed by atoms with E-state index in [-0.39, 0.29) is 5.97 Å². The lowest BCUT2D eigenvalue weighted by atomic mass is 10.4. The summed E-state index contributed by atoms with van der Waals surface area (Å²) in [6.07, 6.45) is 8.34. The van der Waals surface area contributed by atoms with Crippen LogP contribution in [0.4, 0.5) is 0 Å². The van der Waals surface area contributed by atoms with Crippen LogP contribution in [0.3, 0.4) is 0 Å². The molecule has 0 unspecified atom stereocenters. The van der Waals surface area contributed by atoms with E-state index in [2.05, 4.69) is 10.7 Å². The molecule has 0 heterocycles. The van der Waals surface area contributed by atoms with Crippen molar-refractivity contribution in [2.45, 2.75) is 13.3 Å². The van der Waals surface area contributed by atoms with Crippen molar-refractivity contribution in [1.82, 2.24) is 0 Å². The first-order valence-corrected chi connectivity index (χ1v) is 3.08. The smallest absolute Gasteiger partial charge is 0.330 e. The number of ether oxygens (including phenoxy) is 1. The van der Waals surface area contributed by atoms with Crippen molar-refractivity contribution in [3.8, 4) is 12.3 Å². The zero-order chi connectivity index (χ0) is 7.82. The molecule has 0 amide bonds. The first-order chi connectivity index (χ1) is 4.81. The van der Waals surface area contributed by atoms with E-state index in [0.29, 0.717) is 13.0 Å². The lowest BCUT2D eigenvalue weighted by molar-refractivity contribution is -0.137. The van der Waals surface area contributed by atoms with Crippen LogP contribution < -0.4 is 0 Å². The fourth-order valence-corrected chi connectivity index (χ4v) is 0.414. The summed E-state index contributed by atoms with van der Waals surface area (Å²) in [5.74, 6) is 2.04. The van der Waals surface area contributed by atoms with Crippen LogP contribution in [0, 0.1) is 12.3 Å². The van der Waals surface area contributed by atoms with Crippen LogP contribution in [0.5, 0.6) is 0 Å². The topological polar surface area (TPSA) is 26.3 Å². The predicted molar refractivity (Wildman–Crippen MR) is 39.2 cm³/mol. The van der Waals surface area contributed by atoms with Crippen LogP contribution in [0.2, 0.25) is 0 Å². The van der Waals surface area contributed by atoms with Gasteiger partial charge >= 0.3 is 5.97 Å². The maximum absolute atomic E-state index is 10.5. The molecule has 10 heavy (non-hydrogen) atoms. The van der Waals surface area contributed by atoms with E-state index in [0.717, 1.165) is 0 Å². The van der Waals surface area contributed by atoms with Gasteiger partial charge in [0.25, 0.3) is 0 Å². The minimum atomic E-state index is -0.335. The molecule has 0 spiro atoms. The largest absolute Gasteiger partial charge is 0.463 e. The molecule has 0 N–H and O–H groups in total. The number of terminal acetylenes is 1. The van der Waals surface area contributed by atoms with Crippen molar-refractivity contribution >= 4 is 5.97 Å². The second-order valence-corrected chi connectivity index (χ2v) is 1.56. The predicted octanol–water partition coefficient (Wildman–Crippen LogP) is 1.13. The van der Waals surface area contributed by atoms with Crippen molar-refractivity contribution in [3.63, 3.8) is 0 Å². The minimum Gasteiger partial charge on any atom is -0.463 e. The fraction of sp³-hybridized carbons (Fsp3) is 0.375. The SMILES string of the molecule is C#CC/C=C/C(=O)OCC. The molecule has 0 saturated carbocycles. The quantitative estimate of drug-likeness (QED) is 0.332. The molecule has 0 saturated heterocycles. The van der Waals surface area contributed by atoms with Crippen molar-refractivity contribution < 1.29 is 9.53 Å². The molecule has 0 aromatic heterocycles. The molecular formula is C8H10O2. The molecule has 0 bridgehead atoms. The highest BCUT2D eigenvalue weighted by atomic mass is 16.5. The van der Waals surface area contributed by atoms with Gasteiger partial charge in [0.15, 0.2) is 0 Å². The molecule has 0 aliphatic heterocycles. The average Bonchev–Trinajstić information content (AvgIpc) is 1.89. The van der Waals surface area contributed by atoms with Gasteiger partial charge in [0, 0.05) is 12.5 Å². The maximum Gasteiger partial charge on any atom is 0.330 e. The van der Waals surface area contributed by atoms with Gasteiger partial charge in [-0.2, -0.15) is 0 Å². The monoisotopic (exact) mass is 138 g/mol. The van der Waals surface area contributed by atoms with Gasteiger partial charge in [-0.05, 0) is 6.92 Å². The first-order valence-electron chi connectivity index (χ1n) is 3.08. The Morgan fingerprint density at radius 2 is 2.50 bits per heavy atom. The van der Waals surface area contributed by atoms with Crippen molar-refractivity contribution in [3.05, 3.63) is 12.2 Å². The van der Waals surface area contributed by atoms with E-state index >= 15 is 0 Å². The van der Waals surface area contributed by atoms with Gasteiger partial charge < -0.3 is 4.74 Å². The van der Waals surface area contributed by atoms with Gasteiger partial charge in [-0.15, -0.1) is 12.3 Å². The van der Waals surface area contributed by atoms with Crippen molar-refractivity contribution in [2.75, 3.05) is 6.61 Å². The third-order valence-corrected chi connectivity index (χ3v) is 0.776. The summed E-state index contributed by atoms with van der Waals surface area (Å²) in [6.45, 7) is 2.16. The van der Waals surface area contributed by atoms with Crippen LogP contribution in [-0.2, 0) is 9.53 Å². The van der Waals surface area contributed by atoms with E-state index in [1.165, 1.54) is 6.08 Å². The van der Waals surface area contributed by atoms with Crippen molar-refractivity contribution in [2.24, 2.45) is 0 Å². The Morgan fingerprint density at radius 1 is 1.80 bits per heavy atom. The summed E-state index contributed by atoms with van der Waals surface area (Å²) in [5.41, 5.74) is 0. The number of hydrogen-bond acceptors (Lipinski definition) is 2. The standard InChI is InChI=1S/C8H10O2/c1-3-5-6-7-8(9)10-4-2/h1,6-7H,4-5H2,2H3/b7-6+. The molecule has 54 valence electrons. The summed E-state index contributed by atoms with van der Waals surface area (Å²) in [7, 11) is 0. The Hall–Kier alpha value is -1.23. The normalized spacial score (nSPS) is 9.20. The third kappa shape index (κ3) is 4.92. The van der Waals surface area contributed by atoms with Gasteiger partial charge in [-0.1, -0.05) is 6.08 Å². The second kappa shape index (κ2) is 5.90. The first kappa shape index (κ1) is 8.77. The Labute approximate surface area is 60.9 Å². The lowest BCUT2D eigenvalue weighted by Crippen LogP contribution is -1.98. The van der Waals surface area contributed by atoms with Crippen LogP contribution in [0.15, 0.2) is 12.2 Å². The molecule has 0 fully saturated rings. The average molecular weight is 138 g/mol. The molecule has 0 aromatic rings. The third-order valence-electron chi connectivity index (χ3n) is 0.776. The van der Waals surface area contributed by atoms with Gasteiger partial charge in [0.2, 0.25) is 0 Å². The van der Waals surface area contributed by atoms with E-state index in [1.807, 2.05) is 0 Å². The van der Waals surface area contributed by atoms with Gasteiger partial charge in [0.1, 0.15) is 0 Å². The van der Waals surface area contributed by atoms with E-state index in [4.69, 9.17) is 6.42 Å². The maximum atomic E-state index is 10.5. The molecule has 0 rings (SSSR count). The van der Waals surface area contributed by atoms with Crippen molar-refractivity contribution in [1.29, 1.82) is 0 Å². The Kier molecular flexibility index (Phi) is 5.17. The summed E-state index contributed by atoms with van der Waals surface area (Å²) in [4.78, 5) is 10.5. The molecule has 0 aliphatic carbocycles. The number of rotatable bonds is 3. The molecule has 0 aliphatic rings. The second-order valence-electron chi connectivity index (χ2n) is 1.56. The summed E-state index contributed by atoms with van der Waals surface area (Å²) >= 11 is 0. The van der Waals surface area contributed by atoms with E-state index in [9.17, 15) is 4.79 Å². The highest BCUT2D eigenvalue weighted by Crippen LogP contribution is 1.83. The molecule has 2 nitrogen and oxygen atoms in total. The molecule has 0 atom stereocenters. The number of allylic oxidation sites excluding steroid dienone is 1. The Balaban J connectivity index is 3.48. The summed E-state index contributed by atoms with van der Waals surface area (Å²) in [5, 5.41) is 0. The Morgan fingerprint density at radius 3 is 3.00 bits per heavy atom. The number of esters is 1. The van der Waals surface area contributed by atoms with Gasteiger partial charge in [0.05, 0.1) is 6.61 Å². The number of carbonyl (C=O) groups excluding carboxylic acids is 1. The zero-order valence-corrected chi connectivity index (χ0v) is 5.96. The van der Waals surface area contributed by atoms with Gasteiger partial charge in [-0.3, -0.25) is 0 Å². The van der Waals surface area contributed by atoms with E-state index < -0.39 is 0 Å². The van der Waals surface area contributed by atoms with Crippen LogP contribution in [0.1, 0.15) is 13.3 Å². The summed E-state index contributed by atoms with van der Waals surface area (Å²) < 4.78 is 4.59. The van der Waals surface area contributed by atoms with Crippen LogP contribution in [0.25, 0.3) is 0 Å². The minimum absolute atomic E-state index is 0.335. The highest BCUT2D eigenvalue weighted by molar-refractivity contribution is 5.81. The Bertz CT molecular complexity index is 163. The van der Waals surface area contributed by atoms with Gasteiger partial charge in [-0.25, -0.2) is 4.79 Å².